The van der Waals surface area contributed by atoms with Crippen molar-refractivity contribution >= 4 is 35.0 Å². The summed E-state index contributed by atoms with van der Waals surface area (Å²) < 4.78 is 25.8. The maximum absolute atomic E-state index is 14.1. The normalized spacial score (nSPS) is 14.1. The average molecular weight is 527 g/mol. The van der Waals surface area contributed by atoms with Crippen LogP contribution in [-0.4, -0.2) is 18.2 Å². The summed E-state index contributed by atoms with van der Waals surface area (Å²) in [6.07, 6.45) is 1.74. The number of carbonyl (C=O) groups is 1. The van der Waals surface area contributed by atoms with Gasteiger partial charge in [0.25, 0.3) is 5.91 Å². The van der Waals surface area contributed by atoms with E-state index in [2.05, 4.69) is 5.10 Å². The Kier molecular flexibility index (Phi) is 7.52. The number of carbonyl (C=O) groups excluding carboxylic acids is 1. The van der Waals surface area contributed by atoms with E-state index < -0.39 is 0 Å². The van der Waals surface area contributed by atoms with Crippen LogP contribution in [0, 0.1) is 5.82 Å². The molecule has 0 aromatic heterocycles. The minimum atomic E-state index is -0.363. The number of nitrogens with zero attached hydrogens (tertiary/aromatic N) is 2. The number of para-hydroxylation sites is 1. The van der Waals surface area contributed by atoms with Gasteiger partial charge in [0.05, 0.1) is 22.9 Å². The van der Waals surface area contributed by atoms with Crippen molar-refractivity contribution in [2.24, 2.45) is 5.10 Å². The average Bonchev–Trinajstić information content (AvgIpc) is 3.26. The highest BCUT2D eigenvalue weighted by atomic mass is 35.5. The molecule has 0 saturated heterocycles. The van der Waals surface area contributed by atoms with Gasteiger partial charge >= 0.3 is 0 Å². The molecular weight excluding hydrogens is 503 g/mol. The lowest BCUT2D eigenvalue weighted by molar-refractivity contribution is -0.114. The van der Waals surface area contributed by atoms with Gasteiger partial charge in [-0.2, -0.15) is 10.1 Å². The molecule has 0 unspecified atom stereocenters. The lowest BCUT2D eigenvalue weighted by Gasteiger charge is -2.15. The van der Waals surface area contributed by atoms with Crippen LogP contribution in [0.5, 0.6) is 11.5 Å². The molecule has 5 nitrogen and oxygen atoms in total. The van der Waals surface area contributed by atoms with Gasteiger partial charge in [0.2, 0.25) is 0 Å². The summed E-state index contributed by atoms with van der Waals surface area (Å²) in [5, 5.41) is 6.34. The van der Waals surface area contributed by atoms with E-state index in [1.165, 1.54) is 11.1 Å². The maximum atomic E-state index is 14.1. The van der Waals surface area contributed by atoms with Crippen LogP contribution in [0.4, 0.5) is 10.1 Å². The number of hydrogen-bond donors (Lipinski definition) is 0. The van der Waals surface area contributed by atoms with Crippen LogP contribution in [-0.2, 0) is 11.4 Å². The Labute approximate surface area is 225 Å². The first-order valence-corrected chi connectivity index (χ1v) is 12.5. The third kappa shape index (κ3) is 5.31. The zero-order chi connectivity index (χ0) is 26.5. The number of ether oxygens (including phenoxy) is 2. The minimum absolute atomic E-state index is 0.0117. The molecule has 38 heavy (non-hydrogen) atoms. The smallest absolute Gasteiger partial charge is 0.281 e. The summed E-state index contributed by atoms with van der Waals surface area (Å²) in [5.74, 6) is 0.0775. The maximum Gasteiger partial charge on any atom is 0.281 e. The van der Waals surface area contributed by atoms with E-state index >= 15 is 0 Å². The fourth-order valence-electron chi connectivity index (χ4n) is 4.10. The first-order valence-electron chi connectivity index (χ1n) is 12.1. The zero-order valence-electron chi connectivity index (χ0n) is 20.6. The molecule has 0 saturated carbocycles. The van der Waals surface area contributed by atoms with E-state index in [4.69, 9.17) is 21.1 Å². The quantitative estimate of drug-likeness (QED) is 0.226. The summed E-state index contributed by atoms with van der Waals surface area (Å²) in [4.78, 5) is 13.6. The second kappa shape index (κ2) is 11.3. The summed E-state index contributed by atoms with van der Waals surface area (Å²) >= 11 is 6.62. The monoisotopic (exact) mass is 526 g/mol. The topological polar surface area (TPSA) is 51.1 Å². The molecule has 1 amide bonds. The van der Waals surface area contributed by atoms with Crippen molar-refractivity contribution < 1.29 is 18.7 Å². The minimum Gasteiger partial charge on any atom is -0.490 e. The van der Waals surface area contributed by atoms with Crippen LogP contribution in [0.2, 0.25) is 5.02 Å². The van der Waals surface area contributed by atoms with Gasteiger partial charge in [-0.3, -0.25) is 4.79 Å². The van der Waals surface area contributed by atoms with Crippen molar-refractivity contribution in [2.75, 3.05) is 11.6 Å². The summed E-state index contributed by atoms with van der Waals surface area (Å²) in [7, 11) is 0. The second-order valence-electron chi connectivity index (χ2n) is 8.47. The second-order valence-corrected chi connectivity index (χ2v) is 8.88. The van der Waals surface area contributed by atoms with Gasteiger partial charge in [-0.1, -0.05) is 78.3 Å². The van der Waals surface area contributed by atoms with Gasteiger partial charge in [0.15, 0.2) is 11.5 Å². The Balaban J connectivity index is 1.52. The Hall–Kier alpha value is -4.42. The van der Waals surface area contributed by atoms with Crippen molar-refractivity contribution in [1.29, 1.82) is 0 Å². The molecule has 1 heterocycles. The van der Waals surface area contributed by atoms with Crippen molar-refractivity contribution in [3.05, 3.63) is 130 Å². The van der Waals surface area contributed by atoms with E-state index in [1.54, 1.807) is 36.4 Å². The highest BCUT2D eigenvalue weighted by Crippen LogP contribution is 2.38. The molecule has 5 rings (SSSR count). The van der Waals surface area contributed by atoms with Crippen LogP contribution < -0.4 is 14.5 Å². The number of halogens is 2. The van der Waals surface area contributed by atoms with Gasteiger partial charge in [-0.25, -0.2) is 4.39 Å². The van der Waals surface area contributed by atoms with E-state index in [1.807, 2.05) is 67.6 Å². The molecule has 0 radical (unpaired) electrons. The Morgan fingerprint density at radius 2 is 1.61 bits per heavy atom. The van der Waals surface area contributed by atoms with Crippen molar-refractivity contribution in [3.8, 4) is 11.5 Å². The Bertz CT molecular complexity index is 1520. The Morgan fingerprint density at radius 1 is 0.921 bits per heavy atom. The first-order chi connectivity index (χ1) is 18.5. The summed E-state index contributed by atoms with van der Waals surface area (Å²) in [6, 6.07) is 28.6. The fourth-order valence-corrected chi connectivity index (χ4v) is 4.38. The zero-order valence-corrected chi connectivity index (χ0v) is 21.4. The van der Waals surface area contributed by atoms with Crippen molar-refractivity contribution in [2.45, 2.75) is 13.5 Å². The number of hydrazone groups is 1. The predicted octanol–water partition coefficient (Wildman–Crippen LogP) is 7.29. The first kappa shape index (κ1) is 25.2. The van der Waals surface area contributed by atoms with Crippen LogP contribution in [0.25, 0.3) is 6.08 Å². The third-order valence-corrected chi connectivity index (χ3v) is 6.18. The number of hydrogen-bond acceptors (Lipinski definition) is 4. The molecule has 190 valence electrons. The molecule has 0 spiro atoms. The predicted molar refractivity (Wildman–Crippen MR) is 148 cm³/mol. The molecule has 0 N–H and O–H groups in total. The lowest BCUT2D eigenvalue weighted by Crippen LogP contribution is -2.21. The summed E-state index contributed by atoms with van der Waals surface area (Å²) in [5.41, 5.74) is 3.48. The SMILES string of the molecule is CCOc1cc(/C=C2\C(=O)N(c3ccccc3)N=C2c2ccccc2)cc(Cl)c1OCc1ccccc1F. The van der Waals surface area contributed by atoms with Gasteiger partial charge in [-0.15, -0.1) is 0 Å². The lowest BCUT2D eigenvalue weighted by atomic mass is 10.00. The molecule has 1 aliphatic heterocycles. The van der Waals surface area contributed by atoms with Crippen LogP contribution in [0.3, 0.4) is 0 Å². The highest BCUT2D eigenvalue weighted by Gasteiger charge is 2.32. The van der Waals surface area contributed by atoms with E-state index in [0.717, 1.165) is 5.56 Å². The van der Waals surface area contributed by atoms with Gasteiger partial charge in [-0.05, 0) is 48.9 Å². The van der Waals surface area contributed by atoms with Crippen LogP contribution >= 0.6 is 11.6 Å². The highest BCUT2D eigenvalue weighted by molar-refractivity contribution is 6.37. The molecule has 0 aliphatic carbocycles. The molecule has 7 heteroatoms. The molecular formula is C31H24ClFN2O3. The van der Waals surface area contributed by atoms with E-state index in [-0.39, 0.29) is 23.4 Å². The number of benzene rings is 4. The molecule has 0 bridgehead atoms. The van der Waals surface area contributed by atoms with Crippen molar-refractivity contribution in [3.63, 3.8) is 0 Å². The molecule has 0 fully saturated rings. The third-order valence-electron chi connectivity index (χ3n) is 5.90. The largest absolute Gasteiger partial charge is 0.490 e. The van der Waals surface area contributed by atoms with Gasteiger partial charge < -0.3 is 9.47 Å². The van der Waals surface area contributed by atoms with Gasteiger partial charge in [0.1, 0.15) is 18.1 Å². The van der Waals surface area contributed by atoms with Gasteiger partial charge in [0, 0.05) is 11.1 Å². The van der Waals surface area contributed by atoms with Crippen LogP contribution in [0.1, 0.15) is 23.6 Å². The number of amides is 1. The standard InChI is InChI=1S/C31H24ClFN2O3/c1-2-37-28-19-21(18-26(32)30(28)38-20-23-13-9-10-16-27(23)33)17-25-29(22-11-5-3-6-12-22)34-35(31(25)36)24-14-7-4-8-15-24/h3-19H,2,20H2,1H3/b25-17-. The summed E-state index contributed by atoms with van der Waals surface area (Å²) in [6.45, 7) is 2.20. The molecule has 4 aromatic rings. The van der Waals surface area contributed by atoms with Crippen molar-refractivity contribution in [1.82, 2.24) is 0 Å². The number of anilines is 1. The van der Waals surface area contributed by atoms with Crippen LogP contribution in [0.15, 0.2) is 108 Å². The van der Waals surface area contributed by atoms with E-state index in [0.29, 0.717) is 46.2 Å². The Morgan fingerprint density at radius 3 is 2.32 bits per heavy atom. The number of rotatable bonds is 8. The molecule has 0 atom stereocenters. The fraction of sp³-hybridized carbons (Fsp3) is 0.0968. The molecule has 4 aromatic carbocycles. The molecule has 1 aliphatic rings. The van der Waals surface area contributed by atoms with E-state index in [9.17, 15) is 9.18 Å².